The minimum Gasteiger partial charge on any atom is -0.496 e. The van der Waals surface area contributed by atoms with Crippen LogP contribution in [0.2, 0.25) is 10.0 Å². The van der Waals surface area contributed by atoms with Gasteiger partial charge in [0, 0.05) is 44.9 Å². The van der Waals surface area contributed by atoms with Crippen LogP contribution in [0.25, 0.3) is 27.7 Å². The molecule has 0 fully saturated rings. The second-order valence-electron chi connectivity index (χ2n) is 7.96. The number of fused-ring (bicyclic) bond motifs is 1. The molecule has 1 aromatic heterocycles. The summed E-state index contributed by atoms with van der Waals surface area (Å²) < 4.78 is 11.4. The van der Waals surface area contributed by atoms with Crippen LogP contribution in [0.1, 0.15) is 23.6 Å². The van der Waals surface area contributed by atoms with Gasteiger partial charge in [0.25, 0.3) is 0 Å². The molecule has 1 heterocycles. The number of aryl methyl sites for hydroxylation is 2. The summed E-state index contributed by atoms with van der Waals surface area (Å²) in [4.78, 5) is 12.8. The third-order valence-electron chi connectivity index (χ3n) is 5.54. The Bertz CT molecular complexity index is 1400. The van der Waals surface area contributed by atoms with Gasteiger partial charge in [-0.25, -0.2) is 0 Å². The van der Waals surface area contributed by atoms with E-state index in [9.17, 15) is 4.79 Å². The third kappa shape index (κ3) is 4.77. The molecule has 6 heteroatoms. The van der Waals surface area contributed by atoms with E-state index in [1.165, 1.54) is 0 Å². The molecule has 0 atom stereocenters. The molecule has 1 N–H and O–H groups in total. The lowest BCUT2D eigenvalue weighted by atomic mass is 9.99. The van der Waals surface area contributed by atoms with Crippen molar-refractivity contribution in [2.24, 2.45) is 0 Å². The van der Waals surface area contributed by atoms with Crippen molar-refractivity contribution < 1.29 is 13.9 Å². The molecular formula is C27H23Cl2NO3. The molecule has 0 radical (unpaired) electrons. The molecule has 4 rings (SSSR count). The van der Waals surface area contributed by atoms with E-state index in [4.69, 9.17) is 32.4 Å². The normalized spacial score (nSPS) is 11.6. The Morgan fingerprint density at radius 1 is 1.03 bits per heavy atom. The first kappa shape index (κ1) is 23.0. The highest BCUT2D eigenvalue weighted by Crippen LogP contribution is 2.40. The standard InChI is InChI=1S/C27H23Cl2NO3/c1-15-5-6-16(2)24(9-15)30-27(31)10-17(3)20-12-21-22(14-33-26(21)13-25(20)32-4)19-8-7-18(28)11-23(19)29/h5-14H,1-4H3,(H,30,31)/b17-10+. The largest absolute Gasteiger partial charge is 0.496 e. The maximum absolute atomic E-state index is 12.8. The van der Waals surface area contributed by atoms with Gasteiger partial charge in [0.1, 0.15) is 11.3 Å². The van der Waals surface area contributed by atoms with Gasteiger partial charge >= 0.3 is 0 Å². The summed E-state index contributed by atoms with van der Waals surface area (Å²) in [5, 5.41) is 4.92. The Kier molecular flexibility index (Phi) is 6.50. The number of hydrogen-bond donors (Lipinski definition) is 1. The van der Waals surface area contributed by atoms with Crippen LogP contribution in [-0.2, 0) is 4.79 Å². The highest BCUT2D eigenvalue weighted by molar-refractivity contribution is 6.36. The summed E-state index contributed by atoms with van der Waals surface area (Å²) in [6.07, 6.45) is 3.23. The Morgan fingerprint density at radius 2 is 1.82 bits per heavy atom. The molecule has 0 bridgehead atoms. The molecule has 4 nitrogen and oxygen atoms in total. The lowest BCUT2D eigenvalue weighted by Gasteiger charge is -2.11. The second-order valence-corrected chi connectivity index (χ2v) is 8.80. The number of carbonyl (C=O) groups excluding carboxylic acids is 1. The molecule has 168 valence electrons. The van der Waals surface area contributed by atoms with Gasteiger partial charge in [-0.2, -0.15) is 0 Å². The summed E-state index contributed by atoms with van der Waals surface area (Å²) >= 11 is 12.5. The van der Waals surface area contributed by atoms with Crippen molar-refractivity contribution >= 4 is 51.3 Å². The number of allylic oxidation sites excluding steroid dienone is 1. The maximum Gasteiger partial charge on any atom is 0.248 e. The van der Waals surface area contributed by atoms with Gasteiger partial charge in [-0.3, -0.25) is 4.79 Å². The number of furan rings is 1. The molecule has 0 saturated carbocycles. The highest BCUT2D eigenvalue weighted by atomic mass is 35.5. The number of anilines is 1. The molecule has 3 aromatic carbocycles. The third-order valence-corrected chi connectivity index (χ3v) is 6.09. The van der Waals surface area contributed by atoms with Crippen molar-refractivity contribution in [2.75, 3.05) is 12.4 Å². The zero-order chi connectivity index (χ0) is 23.7. The van der Waals surface area contributed by atoms with Gasteiger partial charge in [-0.05, 0) is 61.7 Å². The molecule has 0 aliphatic heterocycles. The minimum atomic E-state index is -0.212. The van der Waals surface area contributed by atoms with E-state index >= 15 is 0 Å². The SMILES string of the molecule is COc1cc2occ(-c3ccc(Cl)cc3Cl)c2cc1/C(C)=C/C(=O)Nc1cc(C)ccc1C. The number of nitrogens with one attached hydrogen (secondary N) is 1. The summed E-state index contributed by atoms with van der Waals surface area (Å²) in [6, 6.07) is 15.1. The molecule has 0 unspecified atom stereocenters. The number of rotatable bonds is 5. The van der Waals surface area contributed by atoms with Gasteiger partial charge < -0.3 is 14.5 Å². The van der Waals surface area contributed by atoms with Crippen molar-refractivity contribution in [2.45, 2.75) is 20.8 Å². The number of amides is 1. The monoisotopic (exact) mass is 479 g/mol. The van der Waals surface area contributed by atoms with Crippen molar-refractivity contribution in [1.29, 1.82) is 0 Å². The fraction of sp³-hybridized carbons (Fsp3) is 0.148. The molecule has 0 spiro atoms. The Labute approximate surface area is 202 Å². The van der Waals surface area contributed by atoms with Crippen LogP contribution < -0.4 is 10.1 Å². The molecule has 0 aliphatic carbocycles. The Balaban J connectivity index is 1.74. The van der Waals surface area contributed by atoms with Gasteiger partial charge in [0.05, 0.1) is 18.4 Å². The first-order valence-electron chi connectivity index (χ1n) is 10.4. The summed E-state index contributed by atoms with van der Waals surface area (Å²) in [5.74, 6) is 0.399. The van der Waals surface area contributed by atoms with Crippen LogP contribution in [0.5, 0.6) is 5.75 Å². The van der Waals surface area contributed by atoms with E-state index in [-0.39, 0.29) is 5.91 Å². The van der Waals surface area contributed by atoms with Crippen LogP contribution in [-0.4, -0.2) is 13.0 Å². The van der Waals surface area contributed by atoms with Gasteiger partial charge in [-0.1, -0.05) is 41.4 Å². The number of benzene rings is 3. The lowest BCUT2D eigenvalue weighted by Crippen LogP contribution is -2.10. The maximum atomic E-state index is 12.8. The Morgan fingerprint density at radius 3 is 2.55 bits per heavy atom. The smallest absolute Gasteiger partial charge is 0.248 e. The molecule has 0 aliphatic rings. The number of ether oxygens (including phenoxy) is 1. The molecule has 33 heavy (non-hydrogen) atoms. The number of hydrogen-bond acceptors (Lipinski definition) is 3. The fourth-order valence-corrected chi connectivity index (χ4v) is 4.27. The van der Waals surface area contributed by atoms with E-state index in [0.717, 1.165) is 44.5 Å². The zero-order valence-electron chi connectivity index (χ0n) is 18.8. The number of carbonyl (C=O) groups is 1. The first-order chi connectivity index (χ1) is 15.8. The Hall–Kier alpha value is -3.21. The average molecular weight is 480 g/mol. The summed E-state index contributed by atoms with van der Waals surface area (Å²) in [7, 11) is 1.59. The second kappa shape index (κ2) is 9.34. The van der Waals surface area contributed by atoms with Crippen LogP contribution in [0.3, 0.4) is 0 Å². The van der Waals surface area contributed by atoms with Crippen molar-refractivity contribution in [3.05, 3.63) is 87.6 Å². The predicted octanol–water partition coefficient (Wildman–Crippen LogP) is 8.07. The van der Waals surface area contributed by atoms with Crippen LogP contribution in [0, 0.1) is 13.8 Å². The van der Waals surface area contributed by atoms with Crippen molar-refractivity contribution in [1.82, 2.24) is 0 Å². The van der Waals surface area contributed by atoms with Crippen LogP contribution >= 0.6 is 23.2 Å². The lowest BCUT2D eigenvalue weighted by molar-refractivity contribution is -0.111. The van der Waals surface area contributed by atoms with Crippen molar-refractivity contribution in [3.63, 3.8) is 0 Å². The van der Waals surface area contributed by atoms with Gasteiger partial charge in [0.2, 0.25) is 5.91 Å². The van der Waals surface area contributed by atoms with Crippen molar-refractivity contribution in [3.8, 4) is 16.9 Å². The van der Waals surface area contributed by atoms with E-state index in [1.54, 1.807) is 31.6 Å². The van der Waals surface area contributed by atoms with E-state index in [1.807, 2.05) is 57.2 Å². The predicted molar refractivity (Wildman–Crippen MR) is 136 cm³/mol. The van der Waals surface area contributed by atoms with Crippen LogP contribution in [0.4, 0.5) is 5.69 Å². The van der Waals surface area contributed by atoms with E-state index < -0.39 is 0 Å². The highest BCUT2D eigenvalue weighted by Gasteiger charge is 2.16. The molecule has 1 amide bonds. The van der Waals surface area contributed by atoms with E-state index in [0.29, 0.717) is 21.4 Å². The quantitative estimate of drug-likeness (QED) is 0.294. The van der Waals surface area contributed by atoms with Gasteiger partial charge in [0.15, 0.2) is 0 Å². The fourth-order valence-electron chi connectivity index (χ4n) is 3.76. The average Bonchev–Trinajstić information content (AvgIpc) is 3.18. The molecular weight excluding hydrogens is 457 g/mol. The zero-order valence-corrected chi connectivity index (χ0v) is 20.3. The first-order valence-corrected chi connectivity index (χ1v) is 11.1. The summed E-state index contributed by atoms with van der Waals surface area (Å²) in [6.45, 7) is 5.83. The minimum absolute atomic E-state index is 0.212. The van der Waals surface area contributed by atoms with E-state index in [2.05, 4.69) is 5.32 Å². The topological polar surface area (TPSA) is 51.5 Å². The number of halogens is 2. The molecule has 0 saturated heterocycles. The number of methoxy groups -OCH3 is 1. The van der Waals surface area contributed by atoms with Gasteiger partial charge in [-0.15, -0.1) is 0 Å². The van der Waals surface area contributed by atoms with Crippen LogP contribution in [0.15, 0.2) is 65.3 Å². The summed E-state index contributed by atoms with van der Waals surface area (Å²) in [5.41, 5.74) is 6.72. The molecule has 4 aromatic rings.